The highest BCUT2D eigenvalue weighted by Gasteiger charge is 2.16. The molecule has 0 aromatic heterocycles. The first kappa shape index (κ1) is 16.7. The Morgan fingerprint density at radius 1 is 1.17 bits per heavy atom. The summed E-state index contributed by atoms with van der Waals surface area (Å²) in [5, 5.41) is 11.8. The number of anilines is 1. The number of phenols is 1. The third-order valence-corrected chi connectivity index (χ3v) is 2.95. The lowest BCUT2D eigenvalue weighted by molar-refractivity contribution is -0.119. The Morgan fingerprint density at radius 2 is 1.91 bits per heavy atom. The van der Waals surface area contributed by atoms with Crippen LogP contribution >= 0.6 is 11.6 Å². The summed E-state index contributed by atoms with van der Waals surface area (Å²) in [4.78, 5) is 23.3. The molecule has 0 bridgehead atoms. The van der Waals surface area contributed by atoms with E-state index in [0.717, 1.165) is 12.1 Å². The van der Waals surface area contributed by atoms with Crippen LogP contribution in [0.4, 0.5) is 14.5 Å². The fourth-order valence-electron chi connectivity index (χ4n) is 1.66. The van der Waals surface area contributed by atoms with Gasteiger partial charge in [0, 0.05) is 11.1 Å². The number of benzene rings is 2. The Labute approximate surface area is 134 Å². The maximum absolute atomic E-state index is 13.4. The number of amides is 1. The first-order valence-corrected chi connectivity index (χ1v) is 6.65. The average Bonchev–Trinajstić information content (AvgIpc) is 2.50. The number of rotatable bonds is 4. The number of halogens is 3. The van der Waals surface area contributed by atoms with E-state index in [0.29, 0.717) is 6.07 Å². The topological polar surface area (TPSA) is 75.6 Å². The van der Waals surface area contributed by atoms with Crippen LogP contribution < -0.4 is 5.32 Å². The molecule has 0 heterocycles. The Hall–Kier alpha value is -2.67. The van der Waals surface area contributed by atoms with Gasteiger partial charge in [-0.25, -0.2) is 13.6 Å². The second kappa shape index (κ2) is 7.06. The zero-order valence-electron chi connectivity index (χ0n) is 11.5. The van der Waals surface area contributed by atoms with Gasteiger partial charge in [0.05, 0.1) is 5.69 Å². The summed E-state index contributed by atoms with van der Waals surface area (Å²) in [5.74, 6) is -3.91. The molecule has 2 aromatic carbocycles. The molecule has 0 atom stereocenters. The number of hydrogen-bond donors (Lipinski definition) is 2. The van der Waals surface area contributed by atoms with Crippen LogP contribution in [0, 0.1) is 11.6 Å². The summed E-state index contributed by atoms with van der Waals surface area (Å²) in [5.41, 5.74) is -0.462. The maximum atomic E-state index is 13.4. The molecular weight excluding hydrogens is 332 g/mol. The third kappa shape index (κ3) is 4.40. The highest BCUT2D eigenvalue weighted by molar-refractivity contribution is 6.31. The summed E-state index contributed by atoms with van der Waals surface area (Å²) in [6.45, 7) is -0.721. The quantitative estimate of drug-likeness (QED) is 0.838. The van der Waals surface area contributed by atoms with Gasteiger partial charge in [0.25, 0.3) is 5.91 Å². The van der Waals surface area contributed by atoms with Crippen LogP contribution in [0.2, 0.25) is 5.02 Å². The molecular formula is C15H10ClF2NO4. The lowest BCUT2D eigenvalue weighted by Gasteiger charge is -2.08. The summed E-state index contributed by atoms with van der Waals surface area (Å²) in [6, 6.07) is 6.36. The smallest absolute Gasteiger partial charge is 0.342 e. The number of phenolic OH excluding ortho intramolecular Hbond substituents is 1. The minimum atomic E-state index is -0.972. The second-order valence-corrected chi connectivity index (χ2v) is 4.85. The molecule has 0 spiro atoms. The van der Waals surface area contributed by atoms with Crippen molar-refractivity contribution in [3.05, 3.63) is 58.6 Å². The average molecular weight is 342 g/mol. The monoisotopic (exact) mass is 341 g/mol. The van der Waals surface area contributed by atoms with E-state index in [1.165, 1.54) is 18.2 Å². The lowest BCUT2D eigenvalue weighted by Crippen LogP contribution is -2.21. The van der Waals surface area contributed by atoms with Crippen LogP contribution in [0.15, 0.2) is 36.4 Å². The molecule has 0 saturated heterocycles. The van der Waals surface area contributed by atoms with Gasteiger partial charge in [0.1, 0.15) is 22.9 Å². The number of carbonyl (C=O) groups excluding carboxylic acids is 2. The van der Waals surface area contributed by atoms with E-state index in [1.807, 2.05) is 0 Å². The Bertz CT molecular complexity index is 767. The minimum absolute atomic E-state index is 0.201. The zero-order valence-corrected chi connectivity index (χ0v) is 12.2. The van der Waals surface area contributed by atoms with E-state index in [4.69, 9.17) is 16.3 Å². The summed E-state index contributed by atoms with van der Waals surface area (Å²) >= 11 is 5.69. The first-order chi connectivity index (χ1) is 10.9. The molecule has 2 aromatic rings. The molecule has 0 saturated carbocycles. The largest absolute Gasteiger partial charge is 0.507 e. The molecule has 0 unspecified atom stereocenters. The van der Waals surface area contributed by atoms with Gasteiger partial charge in [-0.2, -0.15) is 0 Å². The van der Waals surface area contributed by atoms with Gasteiger partial charge < -0.3 is 15.2 Å². The Kier molecular flexibility index (Phi) is 5.13. The standard InChI is InChI=1S/C15H10ClF2NO4/c16-8-1-4-13(20)10(5-8)15(22)23-7-14(21)19-12-3-2-9(17)6-11(12)18/h1-6,20H,7H2,(H,19,21). The molecule has 0 aliphatic heterocycles. The number of nitrogens with one attached hydrogen (secondary N) is 1. The van der Waals surface area contributed by atoms with E-state index in [-0.39, 0.29) is 22.0 Å². The van der Waals surface area contributed by atoms with Gasteiger partial charge in [-0.1, -0.05) is 11.6 Å². The van der Waals surface area contributed by atoms with Crippen molar-refractivity contribution in [1.82, 2.24) is 0 Å². The third-order valence-electron chi connectivity index (χ3n) is 2.72. The van der Waals surface area contributed by atoms with E-state index in [9.17, 15) is 23.5 Å². The van der Waals surface area contributed by atoms with Crippen molar-refractivity contribution in [2.45, 2.75) is 0 Å². The highest BCUT2D eigenvalue weighted by atomic mass is 35.5. The van der Waals surface area contributed by atoms with Crippen molar-refractivity contribution in [2.24, 2.45) is 0 Å². The van der Waals surface area contributed by atoms with Crippen LogP contribution in [0.1, 0.15) is 10.4 Å². The molecule has 120 valence electrons. The van der Waals surface area contributed by atoms with Crippen molar-refractivity contribution < 1.29 is 28.2 Å². The van der Waals surface area contributed by atoms with Crippen LogP contribution in [-0.2, 0) is 9.53 Å². The number of ether oxygens (including phenoxy) is 1. The Balaban J connectivity index is 1.96. The van der Waals surface area contributed by atoms with Gasteiger partial charge in [0.2, 0.25) is 0 Å². The molecule has 2 N–H and O–H groups in total. The SMILES string of the molecule is O=C(COC(=O)c1cc(Cl)ccc1O)Nc1ccc(F)cc1F. The van der Waals surface area contributed by atoms with Gasteiger partial charge in [-0.05, 0) is 30.3 Å². The van der Waals surface area contributed by atoms with Crippen LogP contribution in [0.3, 0.4) is 0 Å². The zero-order chi connectivity index (χ0) is 17.0. The number of hydrogen-bond acceptors (Lipinski definition) is 4. The molecule has 8 heteroatoms. The molecule has 0 fully saturated rings. The second-order valence-electron chi connectivity index (χ2n) is 4.41. The highest BCUT2D eigenvalue weighted by Crippen LogP contribution is 2.22. The van der Waals surface area contributed by atoms with Gasteiger partial charge in [-0.3, -0.25) is 4.79 Å². The number of aromatic hydroxyl groups is 1. The molecule has 0 radical (unpaired) electrons. The maximum Gasteiger partial charge on any atom is 0.342 e. The predicted molar refractivity (Wildman–Crippen MR) is 78.4 cm³/mol. The lowest BCUT2D eigenvalue weighted by atomic mass is 10.2. The molecule has 1 amide bonds. The van der Waals surface area contributed by atoms with Crippen LogP contribution in [0.25, 0.3) is 0 Å². The fraction of sp³-hybridized carbons (Fsp3) is 0.0667. The van der Waals surface area contributed by atoms with E-state index in [2.05, 4.69) is 5.32 Å². The van der Waals surface area contributed by atoms with Gasteiger partial charge in [0.15, 0.2) is 6.61 Å². The van der Waals surface area contributed by atoms with E-state index in [1.54, 1.807) is 0 Å². The van der Waals surface area contributed by atoms with E-state index < -0.39 is 30.1 Å². The van der Waals surface area contributed by atoms with Gasteiger partial charge in [-0.15, -0.1) is 0 Å². The van der Waals surface area contributed by atoms with Crippen LogP contribution in [-0.4, -0.2) is 23.6 Å². The van der Waals surface area contributed by atoms with Crippen LogP contribution in [0.5, 0.6) is 5.75 Å². The summed E-state index contributed by atoms with van der Waals surface area (Å²) in [6.07, 6.45) is 0. The first-order valence-electron chi connectivity index (χ1n) is 6.27. The van der Waals surface area contributed by atoms with Crippen molar-refractivity contribution in [2.75, 3.05) is 11.9 Å². The van der Waals surface area contributed by atoms with Crippen molar-refractivity contribution in [1.29, 1.82) is 0 Å². The molecule has 23 heavy (non-hydrogen) atoms. The number of carbonyl (C=O) groups is 2. The Morgan fingerprint density at radius 3 is 2.61 bits per heavy atom. The number of esters is 1. The molecule has 2 rings (SSSR count). The normalized spacial score (nSPS) is 10.2. The molecule has 0 aliphatic rings. The minimum Gasteiger partial charge on any atom is -0.507 e. The predicted octanol–water partition coefficient (Wildman–Crippen LogP) is 3.12. The summed E-state index contributed by atoms with van der Waals surface area (Å²) < 4.78 is 30.8. The van der Waals surface area contributed by atoms with Crippen molar-refractivity contribution >= 4 is 29.2 Å². The van der Waals surface area contributed by atoms with Gasteiger partial charge >= 0.3 is 5.97 Å². The summed E-state index contributed by atoms with van der Waals surface area (Å²) in [7, 11) is 0. The van der Waals surface area contributed by atoms with E-state index >= 15 is 0 Å². The van der Waals surface area contributed by atoms with Crippen molar-refractivity contribution in [3.63, 3.8) is 0 Å². The fourth-order valence-corrected chi connectivity index (χ4v) is 1.83. The van der Waals surface area contributed by atoms with Crippen molar-refractivity contribution in [3.8, 4) is 5.75 Å². The molecule has 0 aliphatic carbocycles. The molecule has 5 nitrogen and oxygen atoms in total.